The number of benzene rings is 1. The van der Waals surface area contributed by atoms with Gasteiger partial charge in [-0.25, -0.2) is 5.11 Å². The zero-order valence-electron chi connectivity index (χ0n) is 8.19. The van der Waals surface area contributed by atoms with Crippen molar-refractivity contribution in [2.45, 2.75) is 19.8 Å². The smallest absolute Gasteiger partial charge is 0.168 e. The van der Waals surface area contributed by atoms with Gasteiger partial charge in [-0.1, -0.05) is 43.7 Å². The number of carbonyl (C=O) groups excluding carboxylic acids is 1. The van der Waals surface area contributed by atoms with E-state index in [-0.39, 0.29) is 5.78 Å². The molecule has 0 amide bonds. The molecule has 0 bridgehead atoms. The highest BCUT2D eigenvalue weighted by molar-refractivity contribution is 5.95. The van der Waals surface area contributed by atoms with Gasteiger partial charge < -0.3 is 0 Å². The predicted octanol–water partition coefficient (Wildman–Crippen LogP) is 2.68. The molecule has 0 unspecified atom stereocenters. The highest BCUT2D eigenvalue weighted by Gasteiger charge is 2.01. The molecule has 0 N–H and O–H groups in total. The average Bonchev–Trinajstić information content (AvgIpc) is 2.21. The second kappa shape index (κ2) is 7.88. The number of carbonyl (C=O) groups is 1. The molecule has 14 heavy (non-hydrogen) atoms. The monoisotopic (exact) mass is 189 g/mol. The number of hydrogen-bond acceptors (Lipinski definition) is 1. The normalized spacial score (nSPS) is 8.00. The Morgan fingerprint density at radius 2 is 1.86 bits per heavy atom. The van der Waals surface area contributed by atoms with Crippen LogP contribution in [0.4, 0.5) is 0 Å². The van der Waals surface area contributed by atoms with E-state index < -0.39 is 0 Å². The second-order valence-corrected chi connectivity index (χ2v) is 2.66. The van der Waals surface area contributed by atoms with Crippen molar-refractivity contribution < 1.29 is 9.90 Å². The van der Waals surface area contributed by atoms with Crippen LogP contribution in [0.25, 0.3) is 0 Å². The Morgan fingerprint density at radius 1 is 1.36 bits per heavy atom. The fourth-order valence-corrected chi connectivity index (χ4v) is 0.995. The number of hydrogen-bond donors (Lipinski definition) is 0. The standard InChI is InChI=1S/C10H12O.C2HO/c1-2-6-10(11)9-7-4-3-5-8-9;1-2-3/h3-5,7-8H,2,6H2,1H3;1H. The first-order valence-electron chi connectivity index (χ1n) is 4.42. The molecule has 0 aliphatic heterocycles. The van der Waals surface area contributed by atoms with E-state index in [1.54, 1.807) is 0 Å². The third-order valence-electron chi connectivity index (χ3n) is 1.57. The fraction of sp³-hybridized carbons (Fsp3) is 0.250. The Kier molecular flexibility index (Phi) is 6.89. The molecule has 0 fully saturated rings. The lowest BCUT2D eigenvalue weighted by Crippen LogP contribution is -1.96. The van der Waals surface area contributed by atoms with Crippen LogP contribution in [0.5, 0.6) is 0 Å². The van der Waals surface area contributed by atoms with Crippen molar-refractivity contribution in [3.63, 3.8) is 0 Å². The van der Waals surface area contributed by atoms with Crippen LogP contribution >= 0.6 is 0 Å². The Labute approximate surface area is 84.6 Å². The van der Waals surface area contributed by atoms with E-state index in [0.717, 1.165) is 18.1 Å². The molecule has 73 valence electrons. The van der Waals surface area contributed by atoms with Crippen molar-refractivity contribution in [2.75, 3.05) is 0 Å². The first-order chi connectivity index (χ1) is 6.76. The molecule has 1 rings (SSSR count). The summed E-state index contributed by atoms with van der Waals surface area (Å²) in [6.45, 7) is 2.01. The molecule has 0 heterocycles. The van der Waals surface area contributed by atoms with Crippen LogP contribution < -0.4 is 0 Å². The maximum absolute atomic E-state index is 11.2. The average molecular weight is 189 g/mol. The van der Waals surface area contributed by atoms with E-state index >= 15 is 0 Å². The van der Waals surface area contributed by atoms with Crippen molar-refractivity contribution >= 4 is 5.78 Å². The molecule has 2 nitrogen and oxygen atoms in total. The summed E-state index contributed by atoms with van der Waals surface area (Å²) in [4.78, 5) is 11.2. The number of ketones is 1. The molecular formula is C12H13O2. The van der Waals surface area contributed by atoms with Crippen LogP contribution in [-0.4, -0.2) is 5.78 Å². The summed E-state index contributed by atoms with van der Waals surface area (Å²) in [5, 5.41) is 8.46. The van der Waals surface area contributed by atoms with Gasteiger partial charge in [-0.3, -0.25) is 4.79 Å². The van der Waals surface area contributed by atoms with Crippen molar-refractivity contribution in [3.05, 3.63) is 35.9 Å². The SMILES string of the molecule is C#C[O].CCCC(=O)c1ccccc1. The van der Waals surface area contributed by atoms with Crippen LogP contribution in [-0.2, 0) is 5.11 Å². The lowest BCUT2D eigenvalue weighted by Gasteiger charge is -1.96. The van der Waals surface area contributed by atoms with Gasteiger partial charge in [0.05, 0.1) is 0 Å². The zero-order valence-corrected chi connectivity index (χ0v) is 8.19. The van der Waals surface area contributed by atoms with Crippen molar-refractivity contribution in [2.24, 2.45) is 0 Å². The summed E-state index contributed by atoms with van der Waals surface area (Å²) >= 11 is 0. The van der Waals surface area contributed by atoms with Gasteiger partial charge in [0.15, 0.2) is 11.9 Å². The third kappa shape index (κ3) is 5.00. The van der Waals surface area contributed by atoms with E-state index in [4.69, 9.17) is 5.11 Å². The van der Waals surface area contributed by atoms with E-state index in [2.05, 4.69) is 6.42 Å². The van der Waals surface area contributed by atoms with E-state index in [0.29, 0.717) is 6.42 Å². The summed E-state index contributed by atoms with van der Waals surface area (Å²) in [6, 6.07) is 9.42. The molecule has 0 spiro atoms. The minimum Gasteiger partial charge on any atom is -0.294 e. The molecule has 0 aromatic heterocycles. The molecule has 0 atom stereocenters. The molecule has 0 aliphatic carbocycles. The van der Waals surface area contributed by atoms with Gasteiger partial charge in [0.25, 0.3) is 0 Å². The molecule has 1 radical (unpaired) electrons. The van der Waals surface area contributed by atoms with Crippen LogP contribution in [0.2, 0.25) is 0 Å². The molecule has 1 aromatic carbocycles. The second-order valence-electron chi connectivity index (χ2n) is 2.66. The fourth-order valence-electron chi connectivity index (χ4n) is 0.995. The minimum atomic E-state index is 0.244. The zero-order chi connectivity index (χ0) is 10.8. The molecule has 0 saturated carbocycles. The van der Waals surface area contributed by atoms with Gasteiger partial charge in [0.2, 0.25) is 0 Å². The first kappa shape index (κ1) is 12.2. The molecular weight excluding hydrogens is 176 g/mol. The van der Waals surface area contributed by atoms with Gasteiger partial charge in [0.1, 0.15) is 0 Å². The minimum absolute atomic E-state index is 0.244. The van der Waals surface area contributed by atoms with Gasteiger partial charge in [-0.2, -0.15) is 0 Å². The van der Waals surface area contributed by atoms with Gasteiger partial charge in [-0.15, -0.1) is 0 Å². The van der Waals surface area contributed by atoms with E-state index in [1.165, 1.54) is 0 Å². The van der Waals surface area contributed by atoms with E-state index in [1.807, 2.05) is 37.3 Å². The van der Waals surface area contributed by atoms with Gasteiger partial charge in [0, 0.05) is 12.0 Å². The Hall–Kier alpha value is -1.75. The maximum Gasteiger partial charge on any atom is 0.168 e. The van der Waals surface area contributed by atoms with Crippen LogP contribution in [0.1, 0.15) is 30.1 Å². The highest BCUT2D eigenvalue weighted by Crippen LogP contribution is 2.03. The summed E-state index contributed by atoms with van der Waals surface area (Å²) < 4.78 is 0. The molecule has 2 heteroatoms. The van der Waals surface area contributed by atoms with Crippen molar-refractivity contribution in [1.82, 2.24) is 0 Å². The quantitative estimate of drug-likeness (QED) is 0.532. The third-order valence-corrected chi connectivity index (χ3v) is 1.57. The first-order valence-corrected chi connectivity index (χ1v) is 4.42. The summed E-state index contributed by atoms with van der Waals surface area (Å²) in [5.41, 5.74) is 0.828. The number of terminal acetylenes is 1. The van der Waals surface area contributed by atoms with Crippen LogP contribution in [0.3, 0.4) is 0 Å². The van der Waals surface area contributed by atoms with Crippen molar-refractivity contribution in [3.8, 4) is 12.5 Å². The summed E-state index contributed by atoms with van der Waals surface area (Å²) in [7, 11) is 0. The molecule has 1 aromatic rings. The van der Waals surface area contributed by atoms with Gasteiger partial charge in [-0.05, 0) is 6.42 Å². The lowest BCUT2D eigenvalue weighted by atomic mass is 10.1. The Morgan fingerprint density at radius 3 is 2.29 bits per heavy atom. The molecule has 0 aliphatic rings. The summed E-state index contributed by atoms with van der Waals surface area (Å²) in [5.74, 6) is 0.244. The highest BCUT2D eigenvalue weighted by atomic mass is 16.2. The number of Topliss-reactive ketones (excluding diaryl/α,β-unsaturated/α-hetero) is 1. The largest absolute Gasteiger partial charge is 0.294 e. The van der Waals surface area contributed by atoms with Crippen LogP contribution in [0, 0.1) is 12.5 Å². The maximum atomic E-state index is 11.2. The predicted molar refractivity (Wildman–Crippen MR) is 55.2 cm³/mol. The lowest BCUT2D eigenvalue weighted by molar-refractivity contribution is 0.0982. The van der Waals surface area contributed by atoms with Crippen LogP contribution in [0.15, 0.2) is 30.3 Å². The summed E-state index contributed by atoms with van der Waals surface area (Å²) in [6.07, 6.45) is 6.62. The van der Waals surface area contributed by atoms with Crippen molar-refractivity contribution in [1.29, 1.82) is 0 Å². The number of rotatable bonds is 3. The molecule has 0 saturated heterocycles. The Bertz CT molecular complexity index is 296. The topological polar surface area (TPSA) is 37.0 Å². The van der Waals surface area contributed by atoms with Gasteiger partial charge >= 0.3 is 0 Å². The van der Waals surface area contributed by atoms with E-state index in [9.17, 15) is 4.79 Å². The Balaban J connectivity index is 0.000000500.